The fourth-order valence-electron chi connectivity index (χ4n) is 6.87. The molecule has 1 amide bonds. The van der Waals surface area contributed by atoms with Gasteiger partial charge in [-0.3, -0.25) is 4.79 Å². The molecule has 4 aliphatic carbocycles. The van der Waals surface area contributed by atoms with Gasteiger partial charge in [0.15, 0.2) is 9.84 Å². The van der Waals surface area contributed by atoms with Crippen LogP contribution in [0, 0.1) is 30.1 Å². The Bertz CT molecular complexity index is 1110. The molecular formula is C23H27N3O3S. The number of carbonyl (C=O) groups excluding carboxylic acids is 1. The van der Waals surface area contributed by atoms with Crippen LogP contribution in [0.25, 0.3) is 5.69 Å². The number of hydrogen-bond acceptors (Lipinski definition) is 4. The zero-order valence-electron chi connectivity index (χ0n) is 17.2. The molecule has 0 radical (unpaired) electrons. The second kappa shape index (κ2) is 6.19. The number of nitrogens with one attached hydrogen (secondary N) is 1. The number of aromatic nitrogens is 2. The van der Waals surface area contributed by atoms with Crippen molar-refractivity contribution in [3.63, 3.8) is 0 Å². The maximum absolute atomic E-state index is 13.7. The zero-order valence-corrected chi connectivity index (χ0v) is 18.0. The lowest BCUT2D eigenvalue weighted by Gasteiger charge is -2.55. The molecule has 0 atom stereocenters. The summed E-state index contributed by atoms with van der Waals surface area (Å²) in [6.45, 7) is 2.02. The molecule has 7 rings (SSSR count). The van der Waals surface area contributed by atoms with Gasteiger partial charge in [-0.1, -0.05) is 17.7 Å². The van der Waals surface area contributed by atoms with Crippen LogP contribution in [0.3, 0.4) is 0 Å². The normalized spacial score (nSPS) is 32.9. The summed E-state index contributed by atoms with van der Waals surface area (Å²) in [6.07, 6.45) is 6.77. The minimum absolute atomic E-state index is 0.0509. The van der Waals surface area contributed by atoms with Gasteiger partial charge < -0.3 is 5.32 Å². The minimum atomic E-state index is -3.20. The van der Waals surface area contributed by atoms with E-state index in [1.165, 1.54) is 19.3 Å². The molecule has 6 nitrogen and oxygen atoms in total. The van der Waals surface area contributed by atoms with Crippen molar-refractivity contribution in [1.29, 1.82) is 0 Å². The van der Waals surface area contributed by atoms with Crippen LogP contribution in [0.15, 0.2) is 24.3 Å². The second-order valence-corrected chi connectivity index (χ2v) is 12.3. The molecule has 0 unspecified atom stereocenters. The van der Waals surface area contributed by atoms with Crippen molar-refractivity contribution in [2.45, 2.75) is 57.0 Å². The number of benzene rings is 1. The Kier molecular flexibility index (Phi) is 3.84. The van der Waals surface area contributed by atoms with Gasteiger partial charge in [0, 0.05) is 5.56 Å². The van der Waals surface area contributed by atoms with Crippen LogP contribution in [0.4, 0.5) is 5.82 Å². The van der Waals surface area contributed by atoms with Crippen LogP contribution < -0.4 is 5.32 Å². The highest BCUT2D eigenvalue weighted by molar-refractivity contribution is 7.90. The maximum atomic E-state index is 13.7. The smallest absolute Gasteiger partial charge is 0.231 e. The highest BCUT2D eigenvalue weighted by atomic mass is 32.2. The van der Waals surface area contributed by atoms with E-state index in [4.69, 9.17) is 0 Å². The topological polar surface area (TPSA) is 81.1 Å². The lowest BCUT2D eigenvalue weighted by atomic mass is 9.49. The highest BCUT2D eigenvalue weighted by Gasteiger charge is 2.55. The number of rotatable bonds is 3. The second-order valence-electron chi connectivity index (χ2n) is 10.2. The van der Waals surface area contributed by atoms with Crippen molar-refractivity contribution in [3.05, 3.63) is 41.1 Å². The number of aryl methyl sites for hydroxylation is 1. The Balaban J connectivity index is 1.39. The molecule has 1 aliphatic heterocycles. The monoisotopic (exact) mass is 425 g/mol. The Morgan fingerprint density at radius 3 is 2.23 bits per heavy atom. The molecule has 0 saturated heterocycles. The Labute approximate surface area is 177 Å². The molecule has 2 heterocycles. The summed E-state index contributed by atoms with van der Waals surface area (Å²) in [4.78, 5) is 13.7. The average molecular weight is 426 g/mol. The van der Waals surface area contributed by atoms with Gasteiger partial charge in [-0.05, 0) is 75.3 Å². The van der Waals surface area contributed by atoms with Gasteiger partial charge in [0.2, 0.25) is 5.91 Å². The lowest BCUT2D eigenvalue weighted by Crippen LogP contribution is -2.52. The molecule has 1 aromatic carbocycles. The Morgan fingerprint density at radius 1 is 1.03 bits per heavy atom. The molecule has 30 heavy (non-hydrogen) atoms. The fraction of sp³-hybridized carbons (Fsp3) is 0.565. The molecule has 158 valence electrons. The summed E-state index contributed by atoms with van der Waals surface area (Å²) in [7, 11) is -3.20. The summed E-state index contributed by atoms with van der Waals surface area (Å²) in [5.74, 6) is 2.55. The number of anilines is 1. The van der Waals surface area contributed by atoms with Crippen molar-refractivity contribution < 1.29 is 13.2 Å². The SMILES string of the molecule is Cc1ccc(-n2nc3c(c2NC(=O)C24CC5CC(CC(C5)C2)C4)CS(=O)(=O)C3)cc1. The predicted octanol–water partition coefficient (Wildman–Crippen LogP) is 3.76. The molecule has 4 saturated carbocycles. The molecule has 7 heteroatoms. The van der Waals surface area contributed by atoms with Crippen molar-refractivity contribution in [2.24, 2.45) is 23.2 Å². The Hall–Kier alpha value is -2.15. The van der Waals surface area contributed by atoms with E-state index in [1.54, 1.807) is 4.68 Å². The number of sulfone groups is 1. The first-order valence-corrected chi connectivity index (χ1v) is 12.8. The van der Waals surface area contributed by atoms with Crippen LogP contribution in [0.2, 0.25) is 0 Å². The number of amides is 1. The average Bonchev–Trinajstić information content (AvgIpc) is 3.14. The molecule has 5 aliphatic rings. The van der Waals surface area contributed by atoms with Gasteiger partial charge in [-0.25, -0.2) is 13.1 Å². The van der Waals surface area contributed by atoms with Gasteiger partial charge in [-0.15, -0.1) is 0 Å². The molecule has 2 aromatic rings. The summed E-state index contributed by atoms with van der Waals surface area (Å²) in [5.41, 5.74) is 2.92. The summed E-state index contributed by atoms with van der Waals surface area (Å²) in [6, 6.07) is 7.94. The third kappa shape index (κ3) is 2.85. The van der Waals surface area contributed by atoms with Crippen molar-refractivity contribution >= 4 is 21.6 Å². The summed E-state index contributed by atoms with van der Waals surface area (Å²) >= 11 is 0. The Morgan fingerprint density at radius 2 is 1.63 bits per heavy atom. The lowest BCUT2D eigenvalue weighted by molar-refractivity contribution is -0.140. The number of hydrogen-bond donors (Lipinski definition) is 1. The highest BCUT2D eigenvalue weighted by Crippen LogP contribution is 2.60. The van der Waals surface area contributed by atoms with Crippen LogP contribution in [0.5, 0.6) is 0 Å². The van der Waals surface area contributed by atoms with E-state index in [-0.39, 0.29) is 22.8 Å². The van der Waals surface area contributed by atoms with E-state index in [2.05, 4.69) is 10.4 Å². The molecular weight excluding hydrogens is 398 g/mol. The third-order valence-corrected chi connectivity index (χ3v) is 9.26. The van der Waals surface area contributed by atoms with E-state index >= 15 is 0 Å². The van der Waals surface area contributed by atoms with Gasteiger partial charge >= 0.3 is 0 Å². The number of fused-ring (bicyclic) bond motifs is 1. The van der Waals surface area contributed by atoms with Crippen molar-refractivity contribution in [2.75, 3.05) is 5.32 Å². The molecule has 4 bridgehead atoms. The van der Waals surface area contributed by atoms with Gasteiger partial charge in [0.1, 0.15) is 5.82 Å². The van der Waals surface area contributed by atoms with Gasteiger partial charge in [0.25, 0.3) is 0 Å². The number of nitrogens with zero attached hydrogens (tertiary/aromatic N) is 2. The molecule has 4 fully saturated rings. The first-order valence-electron chi connectivity index (χ1n) is 11.0. The van der Waals surface area contributed by atoms with E-state index in [1.807, 2.05) is 31.2 Å². The first-order chi connectivity index (χ1) is 14.3. The standard InChI is InChI=1S/C23H27N3O3S/c1-14-2-4-18(5-3-14)26-21(19-12-30(28,29)13-20(19)25-26)24-22(27)23-9-15-6-16(10-23)8-17(7-15)11-23/h2-5,15-17H,6-13H2,1H3,(H,24,27). The summed E-state index contributed by atoms with van der Waals surface area (Å²) < 4.78 is 26.2. The third-order valence-electron chi connectivity index (χ3n) is 7.82. The molecule has 0 spiro atoms. The maximum Gasteiger partial charge on any atom is 0.231 e. The van der Waals surface area contributed by atoms with E-state index in [0.717, 1.165) is 30.5 Å². The van der Waals surface area contributed by atoms with E-state index < -0.39 is 9.84 Å². The van der Waals surface area contributed by atoms with Crippen LogP contribution >= 0.6 is 0 Å². The first kappa shape index (κ1) is 18.6. The quantitative estimate of drug-likeness (QED) is 0.812. The van der Waals surface area contributed by atoms with Crippen LogP contribution in [-0.4, -0.2) is 24.1 Å². The largest absolute Gasteiger partial charge is 0.310 e. The fourth-order valence-corrected chi connectivity index (χ4v) is 8.37. The van der Waals surface area contributed by atoms with E-state index in [0.29, 0.717) is 34.8 Å². The predicted molar refractivity (Wildman–Crippen MR) is 114 cm³/mol. The van der Waals surface area contributed by atoms with Crippen LogP contribution in [-0.2, 0) is 26.1 Å². The number of carbonyl (C=O) groups is 1. The van der Waals surface area contributed by atoms with E-state index in [9.17, 15) is 13.2 Å². The molecule has 1 aromatic heterocycles. The minimum Gasteiger partial charge on any atom is -0.310 e. The van der Waals surface area contributed by atoms with Gasteiger partial charge in [0.05, 0.1) is 28.3 Å². The van der Waals surface area contributed by atoms with Crippen LogP contribution in [0.1, 0.15) is 55.3 Å². The zero-order chi connectivity index (χ0) is 20.7. The van der Waals surface area contributed by atoms with Gasteiger partial charge in [-0.2, -0.15) is 5.10 Å². The van der Waals surface area contributed by atoms with Crippen molar-refractivity contribution in [1.82, 2.24) is 9.78 Å². The summed E-state index contributed by atoms with van der Waals surface area (Å²) in [5, 5.41) is 7.80. The molecule has 1 N–H and O–H groups in total. The van der Waals surface area contributed by atoms with Crippen molar-refractivity contribution in [3.8, 4) is 5.69 Å².